The summed E-state index contributed by atoms with van der Waals surface area (Å²) in [4.78, 5) is 40.4. The number of hydrogen-bond acceptors (Lipinski definition) is 4. The maximum Gasteiger partial charge on any atom is 0.252 e. The molecule has 0 fully saturated rings. The molecule has 1 aromatic carbocycles. The van der Waals surface area contributed by atoms with E-state index in [1.54, 1.807) is 18.3 Å². The lowest BCUT2D eigenvalue weighted by Gasteiger charge is -2.18. The Kier molecular flexibility index (Phi) is 8.65. The molecule has 7 nitrogen and oxygen atoms in total. The number of rotatable bonds is 10. The van der Waals surface area contributed by atoms with Crippen LogP contribution >= 0.6 is 0 Å². The fraction of sp³-hybridized carbons (Fsp3) is 0.333. The van der Waals surface area contributed by atoms with Gasteiger partial charge in [0, 0.05) is 25.5 Å². The van der Waals surface area contributed by atoms with E-state index in [1.165, 1.54) is 6.20 Å². The van der Waals surface area contributed by atoms with E-state index in [-0.39, 0.29) is 37.2 Å². The molecule has 1 atom stereocenters. The first-order valence-corrected chi connectivity index (χ1v) is 9.39. The Morgan fingerprint density at radius 2 is 1.75 bits per heavy atom. The normalized spacial score (nSPS) is 11.3. The van der Waals surface area contributed by atoms with E-state index in [9.17, 15) is 14.4 Å². The third kappa shape index (κ3) is 7.19. The second kappa shape index (κ2) is 11.5. The van der Waals surface area contributed by atoms with E-state index < -0.39 is 6.04 Å². The highest BCUT2D eigenvalue weighted by Crippen LogP contribution is 2.02. The van der Waals surface area contributed by atoms with Gasteiger partial charge in [-0.1, -0.05) is 43.7 Å². The minimum atomic E-state index is -0.588. The van der Waals surface area contributed by atoms with Gasteiger partial charge < -0.3 is 16.0 Å². The van der Waals surface area contributed by atoms with Crippen LogP contribution in [0, 0.1) is 0 Å². The zero-order valence-corrected chi connectivity index (χ0v) is 16.0. The smallest absolute Gasteiger partial charge is 0.252 e. The van der Waals surface area contributed by atoms with Crippen LogP contribution in [0.15, 0.2) is 54.9 Å². The van der Waals surface area contributed by atoms with Crippen LogP contribution in [-0.4, -0.2) is 41.8 Å². The molecule has 0 aliphatic rings. The van der Waals surface area contributed by atoms with Crippen molar-refractivity contribution >= 4 is 17.7 Å². The molecule has 148 valence electrons. The summed E-state index contributed by atoms with van der Waals surface area (Å²) in [5.41, 5.74) is 1.36. The maximum absolute atomic E-state index is 12.4. The molecule has 0 aliphatic heterocycles. The molecule has 0 bridgehead atoms. The van der Waals surface area contributed by atoms with Crippen LogP contribution < -0.4 is 16.0 Å². The largest absolute Gasteiger partial charge is 0.353 e. The van der Waals surface area contributed by atoms with Crippen molar-refractivity contribution in [3.63, 3.8) is 0 Å². The number of nitrogens with zero attached hydrogens (tertiary/aromatic N) is 1. The lowest BCUT2D eigenvalue weighted by atomic mass is 10.1. The Bertz CT molecular complexity index is 766. The minimum Gasteiger partial charge on any atom is -0.353 e. The molecule has 0 radical (unpaired) electrons. The van der Waals surface area contributed by atoms with E-state index in [0.717, 1.165) is 12.0 Å². The number of carbonyl (C=O) groups is 3. The van der Waals surface area contributed by atoms with Gasteiger partial charge in [-0.15, -0.1) is 0 Å². The summed E-state index contributed by atoms with van der Waals surface area (Å²) >= 11 is 0. The highest BCUT2D eigenvalue weighted by Gasteiger charge is 2.19. The van der Waals surface area contributed by atoms with Gasteiger partial charge in [0.15, 0.2) is 0 Å². The number of hydrogen-bond donors (Lipinski definition) is 3. The average Bonchev–Trinajstić information content (AvgIpc) is 2.72. The van der Waals surface area contributed by atoms with Crippen LogP contribution in [0.3, 0.4) is 0 Å². The number of carbonyl (C=O) groups excluding carboxylic acids is 3. The summed E-state index contributed by atoms with van der Waals surface area (Å²) in [6.07, 6.45) is 4.62. The number of amides is 3. The summed E-state index contributed by atoms with van der Waals surface area (Å²) < 4.78 is 0. The molecule has 3 amide bonds. The SMILES string of the molecule is CCCC(NC(=O)Cc1ccccc1)C(=O)NCCNC(=O)c1cccnc1. The molecule has 28 heavy (non-hydrogen) atoms. The molecule has 0 saturated carbocycles. The van der Waals surface area contributed by atoms with E-state index >= 15 is 0 Å². The number of benzene rings is 1. The van der Waals surface area contributed by atoms with E-state index in [0.29, 0.717) is 12.0 Å². The third-order valence-electron chi connectivity index (χ3n) is 4.07. The molecule has 7 heteroatoms. The number of aromatic nitrogens is 1. The van der Waals surface area contributed by atoms with E-state index in [1.807, 2.05) is 37.3 Å². The quantitative estimate of drug-likeness (QED) is 0.542. The Balaban J connectivity index is 1.75. The Hall–Kier alpha value is -3.22. The Labute approximate surface area is 164 Å². The van der Waals surface area contributed by atoms with Crippen molar-refractivity contribution in [1.82, 2.24) is 20.9 Å². The van der Waals surface area contributed by atoms with Crippen molar-refractivity contribution < 1.29 is 14.4 Å². The van der Waals surface area contributed by atoms with Crippen molar-refractivity contribution in [2.75, 3.05) is 13.1 Å². The van der Waals surface area contributed by atoms with Gasteiger partial charge >= 0.3 is 0 Å². The fourth-order valence-corrected chi connectivity index (χ4v) is 2.67. The predicted octanol–water partition coefficient (Wildman–Crippen LogP) is 1.46. The van der Waals surface area contributed by atoms with Crippen LogP contribution in [-0.2, 0) is 16.0 Å². The summed E-state index contributed by atoms with van der Waals surface area (Å²) in [7, 11) is 0. The molecule has 2 aromatic rings. The lowest BCUT2D eigenvalue weighted by molar-refractivity contribution is -0.128. The highest BCUT2D eigenvalue weighted by atomic mass is 16.2. The molecular formula is C21H26N4O3. The standard InChI is InChI=1S/C21H26N4O3/c1-2-7-18(25-19(26)14-16-8-4-3-5-9-16)21(28)24-13-12-23-20(27)17-10-6-11-22-15-17/h3-6,8-11,15,18H,2,7,12-14H2,1H3,(H,23,27)(H,24,28)(H,25,26). The third-order valence-corrected chi connectivity index (χ3v) is 4.07. The zero-order valence-electron chi connectivity index (χ0n) is 16.0. The van der Waals surface area contributed by atoms with Crippen LogP contribution in [0.1, 0.15) is 35.7 Å². The molecule has 0 aliphatic carbocycles. The monoisotopic (exact) mass is 382 g/mol. The number of nitrogens with one attached hydrogen (secondary N) is 3. The lowest BCUT2D eigenvalue weighted by Crippen LogP contribution is -2.48. The van der Waals surface area contributed by atoms with Gasteiger partial charge in [0.05, 0.1) is 12.0 Å². The van der Waals surface area contributed by atoms with Gasteiger partial charge in [-0.05, 0) is 24.1 Å². The summed E-state index contributed by atoms with van der Waals surface area (Å²) in [6, 6.07) is 12.2. The summed E-state index contributed by atoms with van der Waals surface area (Å²) in [6.45, 7) is 2.52. The zero-order chi connectivity index (χ0) is 20.2. The average molecular weight is 382 g/mol. The number of pyridine rings is 1. The molecule has 0 saturated heterocycles. The van der Waals surface area contributed by atoms with Crippen LogP contribution in [0.4, 0.5) is 0 Å². The molecule has 2 rings (SSSR count). The van der Waals surface area contributed by atoms with Crippen LogP contribution in [0.2, 0.25) is 0 Å². The van der Waals surface area contributed by atoms with Gasteiger partial charge in [-0.25, -0.2) is 0 Å². The highest BCUT2D eigenvalue weighted by molar-refractivity contribution is 5.93. The van der Waals surface area contributed by atoms with E-state index in [4.69, 9.17) is 0 Å². The van der Waals surface area contributed by atoms with Gasteiger partial charge in [0.2, 0.25) is 11.8 Å². The van der Waals surface area contributed by atoms with Crippen LogP contribution in [0.25, 0.3) is 0 Å². The topological polar surface area (TPSA) is 100 Å². The van der Waals surface area contributed by atoms with Crippen molar-refractivity contribution in [1.29, 1.82) is 0 Å². The minimum absolute atomic E-state index is 0.190. The molecule has 3 N–H and O–H groups in total. The van der Waals surface area contributed by atoms with Crippen molar-refractivity contribution in [3.05, 3.63) is 66.0 Å². The molecule has 1 aromatic heterocycles. The molecular weight excluding hydrogens is 356 g/mol. The molecule has 1 heterocycles. The van der Waals surface area contributed by atoms with Gasteiger partial charge in [-0.3, -0.25) is 19.4 Å². The Morgan fingerprint density at radius 3 is 2.43 bits per heavy atom. The predicted molar refractivity (Wildman–Crippen MR) is 107 cm³/mol. The first kappa shape index (κ1) is 21.1. The summed E-state index contributed by atoms with van der Waals surface area (Å²) in [5, 5.41) is 8.27. The maximum atomic E-state index is 12.4. The van der Waals surface area contributed by atoms with Gasteiger partial charge in [-0.2, -0.15) is 0 Å². The second-order valence-corrected chi connectivity index (χ2v) is 6.36. The fourth-order valence-electron chi connectivity index (χ4n) is 2.67. The van der Waals surface area contributed by atoms with Crippen molar-refractivity contribution in [2.45, 2.75) is 32.2 Å². The molecule has 1 unspecified atom stereocenters. The Morgan fingerprint density at radius 1 is 1.00 bits per heavy atom. The second-order valence-electron chi connectivity index (χ2n) is 6.36. The van der Waals surface area contributed by atoms with Crippen molar-refractivity contribution in [3.8, 4) is 0 Å². The first-order valence-electron chi connectivity index (χ1n) is 9.39. The van der Waals surface area contributed by atoms with Crippen molar-refractivity contribution in [2.24, 2.45) is 0 Å². The van der Waals surface area contributed by atoms with Gasteiger partial charge in [0.25, 0.3) is 5.91 Å². The summed E-state index contributed by atoms with van der Waals surface area (Å²) in [5.74, 6) is -0.688. The van der Waals surface area contributed by atoms with Gasteiger partial charge in [0.1, 0.15) is 6.04 Å². The van der Waals surface area contributed by atoms with Crippen LogP contribution in [0.5, 0.6) is 0 Å². The molecule has 0 spiro atoms. The van der Waals surface area contributed by atoms with E-state index in [2.05, 4.69) is 20.9 Å². The first-order chi connectivity index (χ1) is 13.6.